The van der Waals surface area contributed by atoms with Crippen LogP contribution in [-0.4, -0.2) is 56.8 Å². The fourth-order valence-electron chi connectivity index (χ4n) is 3.06. The third-order valence-corrected chi connectivity index (χ3v) is 5.95. The second-order valence-corrected chi connectivity index (χ2v) is 8.22. The number of piperidine rings is 1. The molecule has 1 aromatic rings. The van der Waals surface area contributed by atoms with E-state index in [1.807, 2.05) is 36.4 Å². The van der Waals surface area contributed by atoms with Gasteiger partial charge in [-0.2, -0.15) is 0 Å². The lowest BCUT2D eigenvalue weighted by atomic mass is 9.96. The summed E-state index contributed by atoms with van der Waals surface area (Å²) in [6.07, 6.45) is 2.94. The van der Waals surface area contributed by atoms with Crippen LogP contribution in [0.15, 0.2) is 41.3 Å². The smallest absolute Gasteiger partial charge is 0.410 e. The molecule has 0 unspecified atom stereocenters. The molecule has 2 aliphatic heterocycles. The summed E-state index contributed by atoms with van der Waals surface area (Å²) in [6, 6.07) is 9.51. The third kappa shape index (κ3) is 5.11. The Morgan fingerprint density at radius 3 is 2.57 bits per heavy atom. The van der Waals surface area contributed by atoms with E-state index >= 15 is 0 Å². The van der Waals surface area contributed by atoms with E-state index in [1.54, 1.807) is 4.90 Å². The first-order valence-corrected chi connectivity index (χ1v) is 10.1. The van der Waals surface area contributed by atoms with Crippen molar-refractivity contribution in [1.29, 1.82) is 0 Å². The highest BCUT2D eigenvalue weighted by atomic mass is 32.2. The fourth-order valence-corrected chi connectivity index (χ4v) is 4.38. The molecule has 1 aromatic carbocycles. The maximum absolute atomic E-state index is 12.3. The van der Waals surface area contributed by atoms with Crippen molar-refractivity contribution in [2.24, 2.45) is 5.92 Å². The van der Waals surface area contributed by atoms with Gasteiger partial charge in [0.05, 0.1) is 4.91 Å². The van der Waals surface area contributed by atoms with Crippen LogP contribution in [0.1, 0.15) is 18.4 Å². The zero-order valence-corrected chi connectivity index (χ0v) is 16.7. The minimum absolute atomic E-state index is 0.136. The molecular formula is C19H20N2O5S2. The van der Waals surface area contributed by atoms with Gasteiger partial charge in [-0.05, 0) is 24.3 Å². The normalized spacial score (nSPS) is 19.4. The van der Waals surface area contributed by atoms with Gasteiger partial charge in [0.1, 0.15) is 17.5 Å². The van der Waals surface area contributed by atoms with Gasteiger partial charge in [0, 0.05) is 13.1 Å². The van der Waals surface area contributed by atoms with Crippen molar-refractivity contribution in [3.05, 3.63) is 46.9 Å². The quantitative estimate of drug-likeness (QED) is 0.579. The number of aliphatic carboxylic acids is 1. The average Bonchev–Trinajstić information content (AvgIpc) is 2.94. The number of hydrogen-bond acceptors (Lipinski definition) is 6. The van der Waals surface area contributed by atoms with Gasteiger partial charge in [0.15, 0.2) is 0 Å². The number of carbonyl (C=O) groups is 3. The molecule has 0 atom stereocenters. The lowest BCUT2D eigenvalue weighted by molar-refractivity contribution is -0.140. The number of hydrogen-bond donors (Lipinski definition) is 1. The van der Waals surface area contributed by atoms with Gasteiger partial charge in [-0.1, -0.05) is 60.4 Å². The molecule has 2 heterocycles. The molecule has 0 aromatic heterocycles. The Labute approximate surface area is 172 Å². The number of ether oxygens (including phenoxy) is 1. The molecular weight excluding hydrogens is 400 g/mol. The van der Waals surface area contributed by atoms with E-state index in [9.17, 15) is 14.4 Å². The van der Waals surface area contributed by atoms with Crippen LogP contribution in [0.2, 0.25) is 0 Å². The molecule has 0 bridgehead atoms. The van der Waals surface area contributed by atoms with Gasteiger partial charge < -0.3 is 14.7 Å². The molecule has 9 heteroatoms. The van der Waals surface area contributed by atoms with Crippen molar-refractivity contribution in [3.8, 4) is 0 Å². The topological polar surface area (TPSA) is 87.2 Å². The highest BCUT2D eigenvalue weighted by molar-refractivity contribution is 8.26. The van der Waals surface area contributed by atoms with Crippen LogP contribution >= 0.6 is 24.0 Å². The Hall–Kier alpha value is -2.39. The van der Waals surface area contributed by atoms with Crippen LogP contribution in [0.3, 0.4) is 0 Å². The van der Waals surface area contributed by atoms with Crippen LogP contribution in [0.25, 0.3) is 0 Å². The lowest BCUT2D eigenvalue weighted by Gasteiger charge is -2.30. The van der Waals surface area contributed by atoms with E-state index in [-0.39, 0.29) is 28.8 Å². The van der Waals surface area contributed by atoms with Crippen molar-refractivity contribution in [2.75, 3.05) is 19.6 Å². The third-order valence-electron chi connectivity index (χ3n) is 4.56. The number of carboxylic acids is 1. The standard InChI is InChI=1S/C19H20N2O5S2/c22-16(23)11-21-17(24)15(28-19(21)27)10-13-6-8-20(9-7-13)18(25)26-12-14-4-2-1-3-5-14/h1-5,10,13H,6-9,11-12H2,(H,22,23)/b15-10-. The molecule has 2 saturated heterocycles. The molecule has 0 spiro atoms. The first-order chi connectivity index (χ1) is 13.4. The summed E-state index contributed by atoms with van der Waals surface area (Å²) in [6.45, 7) is 0.911. The van der Waals surface area contributed by atoms with Crippen LogP contribution in [0, 0.1) is 5.92 Å². The first kappa shape index (κ1) is 20.3. The molecule has 0 saturated carbocycles. The van der Waals surface area contributed by atoms with Crippen LogP contribution in [0.5, 0.6) is 0 Å². The first-order valence-electron chi connectivity index (χ1n) is 8.87. The largest absolute Gasteiger partial charge is 0.480 e. The van der Waals surface area contributed by atoms with E-state index in [2.05, 4.69) is 0 Å². The second kappa shape index (κ2) is 9.20. The highest BCUT2D eigenvalue weighted by Crippen LogP contribution is 2.33. The summed E-state index contributed by atoms with van der Waals surface area (Å²) in [5, 5.41) is 8.88. The number of thiocarbonyl (C=S) groups is 1. The number of amides is 2. The molecule has 2 aliphatic rings. The molecule has 2 amide bonds. The molecule has 28 heavy (non-hydrogen) atoms. The van der Waals surface area contributed by atoms with Crippen molar-refractivity contribution < 1.29 is 24.2 Å². The summed E-state index contributed by atoms with van der Waals surface area (Å²) in [4.78, 5) is 38.6. The maximum Gasteiger partial charge on any atom is 0.410 e. The summed E-state index contributed by atoms with van der Waals surface area (Å²) < 4.78 is 5.62. The molecule has 3 rings (SSSR count). The highest BCUT2D eigenvalue weighted by Gasteiger charge is 2.34. The van der Waals surface area contributed by atoms with E-state index in [0.29, 0.717) is 30.8 Å². The second-order valence-electron chi connectivity index (χ2n) is 6.55. The van der Waals surface area contributed by atoms with Gasteiger partial charge in [0.2, 0.25) is 0 Å². The van der Waals surface area contributed by atoms with Gasteiger partial charge in [-0.3, -0.25) is 14.5 Å². The van der Waals surface area contributed by atoms with E-state index in [1.165, 1.54) is 0 Å². The van der Waals surface area contributed by atoms with Crippen molar-refractivity contribution in [3.63, 3.8) is 0 Å². The van der Waals surface area contributed by atoms with Gasteiger partial charge >= 0.3 is 12.1 Å². The SMILES string of the molecule is O=C(O)CN1C(=O)/C(=C/C2CCN(C(=O)OCc3ccccc3)CC2)SC1=S. The number of thioether (sulfide) groups is 1. The molecule has 0 radical (unpaired) electrons. The molecule has 7 nitrogen and oxygen atoms in total. The molecule has 0 aliphatic carbocycles. The predicted octanol–water partition coefficient (Wildman–Crippen LogP) is 2.86. The van der Waals surface area contributed by atoms with Crippen molar-refractivity contribution in [2.45, 2.75) is 19.4 Å². The van der Waals surface area contributed by atoms with Crippen molar-refractivity contribution >= 4 is 46.3 Å². The summed E-state index contributed by atoms with van der Waals surface area (Å²) >= 11 is 6.23. The summed E-state index contributed by atoms with van der Waals surface area (Å²) in [7, 11) is 0. The minimum Gasteiger partial charge on any atom is -0.480 e. The van der Waals surface area contributed by atoms with Gasteiger partial charge in [-0.25, -0.2) is 4.79 Å². The molecule has 1 N–H and O–H groups in total. The zero-order valence-electron chi connectivity index (χ0n) is 15.1. The number of nitrogens with zero attached hydrogens (tertiary/aromatic N) is 2. The Balaban J connectivity index is 1.49. The monoisotopic (exact) mass is 420 g/mol. The van der Waals surface area contributed by atoms with E-state index < -0.39 is 12.5 Å². The summed E-state index contributed by atoms with van der Waals surface area (Å²) in [5.74, 6) is -1.32. The number of likely N-dealkylation sites (tertiary alicyclic amines) is 1. The molecule has 148 valence electrons. The van der Waals surface area contributed by atoms with Crippen LogP contribution in [0.4, 0.5) is 4.79 Å². The van der Waals surface area contributed by atoms with E-state index in [4.69, 9.17) is 22.1 Å². The number of benzene rings is 1. The number of carboxylic acid groups (broad SMARTS) is 1. The van der Waals surface area contributed by atoms with E-state index in [0.717, 1.165) is 22.2 Å². The average molecular weight is 421 g/mol. The summed E-state index contributed by atoms with van der Waals surface area (Å²) in [5.41, 5.74) is 0.939. The van der Waals surface area contributed by atoms with Gasteiger partial charge in [-0.15, -0.1) is 0 Å². The maximum atomic E-state index is 12.3. The fraction of sp³-hybridized carbons (Fsp3) is 0.368. The Morgan fingerprint density at radius 1 is 1.25 bits per heavy atom. The lowest BCUT2D eigenvalue weighted by Crippen LogP contribution is -2.38. The van der Waals surface area contributed by atoms with Crippen LogP contribution < -0.4 is 0 Å². The minimum atomic E-state index is -1.10. The Bertz CT molecular complexity index is 804. The van der Waals surface area contributed by atoms with Crippen molar-refractivity contribution in [1.82, 2.24) is 9.80 Å². The number of allylic oxidation sites excluding steroid dienone is 1. The Morgan fingerprint density at radius 2 is 1.93 bits per heavy atom. The Kier molecular flexibility index (Phi) is 6.69. The number of carbonyl (C=O) groups excluding carboxylic acids is 2. The number of rotatable bonds is 5. The van der Waals surface area contributed by atoms with Gasteiger partial charge in [0.25, 0.3) is 5.91 Å². The zero-order chi connectivity index (χ0) is 20.1. The van der Waals surface area contributed by atoms with Crippen LogP contribution in [-0.2, 0) is 20.9 Å². The predicted molar refractivity (Wildman–Crippen MR) is 109 cm³/mol. The molecule has 2 fully saturated rings.